The molecule has 316 valence electrons. The molecular formula is C39H63N10O6PS. The molecule has 0 spiro atoms. The number of carbonyl (C=O) groups excluding carboxylic acids is 6. The molecule has 0 radical (unpaired) electrons. The molecule has 0 bridgehead atoms. The first-order chi connectivity index (χ1) is 27.4. The van der Waals surface area contributed by atoms with Gasteiger partial charge in [-0.2, -0.15) is 0 Å². The van der Waals surface area contributed by atoms with Gasteiger partial charge in [-0.25, -0.2) is 0 Å². The van der Waals surface area contributed by atoms with Gasteiger partial charge in [-0.1, -0.05) is 77.5 Å². The van der Waals surface area contributed by atoms with Crippen LogP contribution in [-0.2, 0) is 28.8 Å². The van der Waals surface area contributed by atoms with E-state index in [0.717, 1.165) is 44.0 Å². The smallest absolute Gasteiger partial charge is 0.239 e. The third-order valence-corrected chi connectivity index (χ3v) is 11.9. The van der Waals surface area contributed by atoms with Crippen molar-refractivity contribution in [3.8, 4) is 0 Å². The van der Waals surface area contributed by atoms with E-state index in [2.05, 4.69) is 95.8 Å². The van der Waals surface area contributed by atoms with Gasteiger partial charge in [0.15, 0.2) is 0 Å². The summed E-state index contributed by atoms with van der Waals surface area (Å²) in [6, 6.07) is 20.7. The van der Waals surface area contributed by atoms with Gasteiger partial charge in [-0.3, -0.25) is 28.8 Å². The Labute approximate surface area is 343 Å². The Hall–Kier alpha value is -4.21. The van der Waals surface area contributed by atoms with Crippen LogP contribution in [0.4, 0.5) is 0 Å². The maximum atomic E-state index is 11.7. The van der Waals surface area contributed by atoms with E-state index in [9.17, 15) is 28.8 Å². The Morgan fingerprint density at radius 2 is 1.11 bits per heavy atom. The predicted octanol–water partition coefficient (Wildman–Crippen LogP) is 2.10. The Balaban J connectivity index is 0.000000829. The number of nitrogens with zero attached hydrogens (tertiary/aromatic N) is 3. The lowest BCUT2D eigenvalue weighted by molar-refractivity contribution is -0.125. The summed E-state index contributed by atoms with van der Waals surface area (Å²) in [5.41, 5.74) is 8.84. The topological polar surface area (TPSA) is 235 Å². The second-order valence-corrected chi connectivity index (χ2v) is 16.2. The molecule has 0 aromatic heterocycles. The molecule has 0 saturated carbocycles. The van der Waals surface area contributed by atoms with Crippen LogP contribution >= 0.6 is 19.7 Å². The third kappa shape index (κ3) is 27.9. The number of amides is 3. The largest absolute Gasteiger partial charge is 0.356 e. The molecule has 0 heterocycles. The van der Waals surface area contributed by atoms with Crippen molar-refractivity contribution in [2.45, 2.75) is 64.5 Å². The molecule has 16 nitrogen and oxygen atoms in total. The number of ketones is 2. The van der Waals surface area contributed by atoms with Crippen molar-refractivity contribution in [2.24, 2.45) is 5.11 Å². The van der Waals surface area contributed by atoms with Gasteiger partial charge in [-0.05, 0) is 105 Å². The van der Waals surface area contributed by atoms with Crippen LogP contribution in [0.1, 0.15) is 52.4 Å². The molecular weight excluding hydrogens is 768 g/mol. The number of Topliss-reactive ketones (excluding diaryl/α,β-unsaturated/α-hetero) is 2. The number of carbonyl (C=O) groups is 6. The first-order valence-corrected chi connectivity index (χ1v) is 21.4. The van der Waals surface area contributed by atoms with Crippen LogP contribution in [0, 0.1) is 0 Å². The van der Waals surface area contributed by atoms with Crippen molar-refractivity contribution >= 4 is 64.7 Å². The predicted molar refractivity (Wildman–Crippen MR) is 232 cm³/mol. The fourth-order valence-corrected chi connectivity index (χ4v) is 8.86. The highest BCUT2D eigenvalue weighted by molar-refractivity contribution is 8.18. The first-order valence-electron chi connectivity index (χ1n) is 18.9. The van der Waals surface area contributed by atoms with E-state index in [4.69, 9.17) is 5.53 Å². The number of benzene rings is 2. The van der Waals surface area contributed by atoms with E-state index in [1.54, 1.807) is 42.0 Å². The van der Waals surface area contributed by atoms with Gasteiger partial charge in [0.2, 0.25) is 22.8 Å². The minimum atomic E-state index is -0.480. The lowest BCUT2D eigenvalue weighted by atomic mass is 10.1. The molecule has 3 amide bonds. The number of hydrogen-bond acceptors (Lipinski definition) is 12. The number of thioether (sulfide) groups is 1. The Morgan fingerprint density at radius 1 is 0.649 bits per heavy atom. The highest BCUT2D eigenvalue weighted by atomic mass is 32.2. The maximum Gasteiger partial charge on any atom is 0.239 e. The van der Waals surface area contributed by atoms with Crippen molar-refractivity contribution in [2.75, 3.05) is 73.0 Å². The molecule has 0 saturated heterocycles. The minimum absolute atomic E-state index is 0.00685. The Bertz CT molecular complexity index is 1460. The molecule has 2 rings (SSSR count). The van der Waals surface area contributed by atoms with Crippen molar-refractivity contribution in [1.29, 1.82) is 0 Å². The van der Waals surface area contributed by atoms with Crippen LogP contribution in [0.15, 0.2) is 65.8 Å². The van der Waals surface area contributed by atoms with Gasteiger partial charge >= 0.3 is 0 Å². The van der Waals surface area contributed by atoms with Crippen molar-refractivity contribution in [3.63, 3.8) is 0 Å². The average Bonchev–Trinajstić information content (AvgIpc) is 3.20. The summed E-state index contributed by atoms with van der Waals surface area (Å²) in [7, 11) is 6.51. The van der Waals surface area contributed by atoms with E-state index in [1.807, 2.05) is 12.1 Å². The molecule has 2 aromatic rings. The highest BCUT2D eigenvalue weighted by Gasteiger charge is 2.16. The lowest BCUT2D eigenvalue weighted by Crippen LogP contribution is -2.40. The van der Waals surface area contributed by atoms with E-state index in [0.29, 0.717) is 19.6 Å². The molecule has 0 fully saturated rings. The number of hydrogen-bond donors (Lipinski definition) is 7. The molecule has 18 heteroatoms. The normalized spacial score (nSPS) is 11.3. The van der Waals surface area contributed by atoms with Gasteiger partial charge in [0.05, 0.1) is 31.7 Å². The zero-order valence-corrected chi connectivity index (χ0v) is 36.0. The molecule has 0 aliphatic carbocycles. The summed E-state index contributed by atoms with van der Waals surface area (Å²) in [5, 5.41) is 25.3. The molecule has 7 N–H and O–H groups in total. The Kier molecular flexibility index (Phi) is 32.4. The summed E-state index contributed by atoms with van der Waals surface area (Å²) in [6.07, 6.45) is 4.85. The van der Waals surface area contributed by atoms with Gasteiger partial charge in [0, 0.05) is 23.5 Å². The quantitative estimate of drug-likeness (QED) is 0.0239. The molecule has 2 aromatic carbocycles. The minimum Gasteiger partial charge on any atom is -0.356 e. The fourth-order valence-electron chi connectivity index (χ4n) is 4.97. The van der Waals surface area contributed by atoms with Crippen LogP contribution in [0.5, 0.6) is 0 Å². The van der Waals surface area contributed by atoms with Crippen molar-refractivity contribution in [1.82, 2.24) is 37.2 Å². The van der Waals surface area contributed by atoms with Crippen molar-refractivity contribution < 1.29 is 28.8 Å². The number of azide groups is 1. The van der Waals surface area contributed by atoms with Gasteiger partial charge in [-0.15, -0.1) is 0 Å². The third-order valence-electron chi connectivity index (χ3n) is 8.03. The van der Waals surface area contributed by atoms with E-state index in [-0.39, 0.29) is 66.1 Å². The molecule has 2 unspecified atom stereocenters. The summed E-state index contributed by atoms with van der Waals surface area (Å²) in [6.45, 7) is 4.67. The summed E-state index contributed by atoms with van der Waals surface area (Å²) < 4.78 is 0. The zero-order chi connectivity index (χ0) is 42.7. The fraction of sp³-hybridized carbons (Fsp3) is 0.538. The monoisotopic (exact) mass is 830 g/mol. The SMILES string of the molecule is CNC(CCCCNC(=O)CN=[N+]=[N-])C(C)=O.CNCC(=O)NCC(=O)NCCCCC(NC)C(C)=O.CNCC(=O)SCP(c1ccccc1)c1ccccc1. The number of unbranched alkanes of at least 4 members (excludes halogenated alkanes) is 2. The van der Waals surface area contributed by atoms with Crippen LogP contribution in [0.2, 0.25) is 0 Å². The van der Waals surface area contributed by atoms with Crippen molar-refractivity contribution in [3.05, 3.63) is 71.1 Å². The van der Waals surface area contributed by atoms with E-state index >= 15 is 0 Å². The van der Waals surface area contributed by atoms with Gasteiger partial charge in [0.1, 0.15) is 18.1 Å². The highest BCUT2D eigenvalue weighted by Crippen LogP contribution is 2.37. The maximum absolute atomic E-state index is 11.7. The molecule has 2 atom stereocenters. The average molecular weight is 831 g/mol. The van der Waals surface area contributed by atoms with Gasteiger partial charge < -0.3 is 37.2 Å². The second kappa shape index (κ2) is 35.0. The van der Waals surface area contributed by atoms with E-state index in [1.165, 1.54) is 22.4 Å². The van der Waals surface area contributed by atoms with Crippen LogP contribution in [0.25, 0.3) is 10.4 Å². The molecule has 57 heavy (non-hydrogen) atoms. The van der Waals surface area contributed by atoms with Crippen LogP contribution in [-0.4, -0.2) is 119 Å². The Morgan fingerprint density at radius 3 is 1.53 bits per heavy atom. The zero-order valence-electron chi connectivity index (χ0n) is 34.3. The standard InChI is InChI=1S/C16H18NOPS.C13H26N4O3.C10H19N5O2/c1-17-12-16(18)20-13-19(14-8-4-2-5-9-14)15-10-6-3-7-11-15;1-10(18)11(15-3)6-4-5-7-16-13(20)9-17-12(19)8-14-2;1-8(16)9(12-2)5-3-4-6-13-10(17)7-14-15-11/h2-11,17H,12-13H2,1H3;11,14-15H,4-9H2,1-3H3,(H,16,20)(H,17,19);9,12H,3-7H2,1-2H3,(H,13,17). The number of rotatable bonds is 26. The van der Waals surface area contributed by atoms with Crippen LogP contribution in [0.3, 0.4) is 0 Å². The summed E-state index contributed by atoms with van der Waals surface area (Å²) in [4.78, 5) is 70.0. The second-order valence-electron chi connectivity index (χ2n) is 12.6. The van der Waals surface area contributed by atoms with Crippen LogP contribution < -0.4 is 47.8 Å². The lowest BCUT2D eigenvalue weighted by Gasteiger charge is -2.17. The molecule has 0 aliphatic rings. The van der Waals surface area contributed by atoms with Gasteiger partial charge in [0.25, 0.3) is 0 Å². The first kappa shape index (κ1) is 52.8. The van der Waals surface area contributed by atoms with E-state index < -0.39 is 7.92 Å². The summed E-state index contributed by atoms with van der Waals surface area (Å²) in [5.74, 6) is -0.435. The molecule has 0 aliphatic heterocycles. The number of nitrogens with one attached hydrogen (secondary N) is 7. The summed E-state index contributed by atoms with van der Waals surface area (Å²) >= 11 is 1.43. The number of likely N-dealkylation sites (N-methyl/N-ethyl adjacent to an activating group) is 4.